The zero-order valence-electron chi connectivity index (χ0n) is 27.5. The number of carbonyl (C=O) groups is 1. The third-order valence-electron chi connectivity index (χ3n) is 10.8. The number of nitrogens with one attached hydrogen (secondary N) is 1. The summed E-state index contributed by atoms with van der Waals surface area (Å²) in [4.78, 5) is 17.7. The lowest BCUT2D eigenvalue weighted by molar-refractivity contribution is -0.0503. The van der Waals surface area contributed by atoms with Gasteiger partial charge in [-0.15, -0.1) is 10.2 Å². The van der Waals surface area contributed by atoms with Crippen LogP contribution in [-0.4, -0.2) is 74.6 Å². The number of aromatic nitrogens is 2. The Kier molecular flexibility index (Phi) is 8.77. The number of nitrogens with zero attached hydrogens (tertiary/aromatic N) is 4. The second-order valence-corrected chi connectivity index (χ2v) is 14.0. The molecule has 0 spiro atoms. The summed E-state index contributed by atoms with van der Waals surface area (Å²) < 4.78 is 17.4. The van der Waals surface area contributed by atoms with Crippen LogP contribution < -0.4 is 24.4 Å². The van der Waals surface area contributed by atoms with Crippen LogP contribution in [0.3, 0.4) is 0 Å². The van der Waals surface area contributed by atoms with Crippen molar-refractivity contribution in [3.8, 4) is 28.4 Å². The summed E-state index contributed by atoms with van der Waals surface area (Å²) in [6.07, 6.45) is 8.08. The number of methoxy groups -OCH3 is 2. The molecule has 46 heavy (non-hydrogen) atoms. The van der Waals surface area contributed by atoms with Gasteiger partial charge in [0.25, 0.3) is 5.91 Å². The van der Waals surface area contributed by atoms with Gasteiger partial charge < -0.3 is 24.4 Å². The summed E-state index contributed by atoms with van der Waals surface area (Å²) in [6.45, 7) is 7.46. The first kappa shape index (κ1) is 30.8. The highest BCUT2D eigenvalue weighted by atomic mass is 16.5. The Hall–Kier alpha value is -3.85. The maximum Gasteiger partial charge on any atom is 0.271 e. The van der Waals surface area contributed by atoms with Crippen molar-refractivity contribution >= 4 is 11.7 Å². The Balaban J connectivity index is 0.946. The molecule has 4 bridgehead atoms. The Morgan fingerprint density at radius 2 is 1.54 bits per heavy atom. The molecule has 9 nitrogen and oxygen atoms in total. The van der Waals surface area contributed by atoms with E-state index < -0.39 is 0 Å². The molecule has 1 amide bonds. The van der Waals surface area contributed by atoms with Gasteiger partial charge in [0.1, 0.15) is 17.2 Å². The molecule has 3 aromatic rings. The van der Waals surface area contributed by atoms with Crippen molar-refractivity contribution in [1.82, 2.24) is 20.4 Å². The molecule has 244 valence electrons. The van der Waals surface area contributed by atoms with Crippen molar-refractivity contribution in [2.24, 2.45) is 23.2 Å². The maximum atomic E-state index is 13.0. The number of rotatable bonds is 11. The van der Waals surface area contributed by atoms with Crippen LogP contribution in [0.25, 0.3) is 11.1 Å². The molecule has 0 radical (unpaired) electrons. The van der Waals surface area contributed by atoms with Crippen LogP contribution in [0.2, 0.25) is 0 Å². The monoisotopic (exact) mass is 625 g/mol. The van der Waals surface area contributed by atoms with Crippen LogP contribution in [0.1, 0.15) is 61.5 Å². The predicted molar refractivity (Wildman–Crippen MR) is 179 cm³/mol. The molecule has 5 aliphatic rings. The lowest BCUT2D eigenvalue weighted by Gasteiger charge is -2.56. The van der Waals surface area contributed by atoms with Crippen molar-refractivity contribution in [3.63, 3.8) is 0 Å². The largest absolute Gasteiger partial charge is 0.496 e. The molecule has 1 N–H and O–H groups in total. The minimum absolute atomic E-state index is 0.101. The van der Waals surface area contributed by atoms with E-state index >= 15 is 0 Å². The van der Waals surface area contributed by atoms with E-state index in [0.29, 0.717) is 24.3 Å². The first-order valence-corrected chi connectivity index (χ1v) is 17.0. The highest BCUT2D eigenvalue weighted by molar-refractivity contribution is 5.92. The molecule has 5 fully saturated rings. The number of hydrogen-bond acceptors (Lipinski definition) is 8. The zero-order valence-corrected chi connectivity index (χ0v) is 27.5. The molecule has 1 aliphatic heterocycles. The highest BCUT2D eigenvalue weighted by Gasteiger charge is 2.50. The SMILES string of the molecule is CCOc1cccc(-c2cc(OC)c(CN3CCN(c4ccc(C(=O)NCC56CC7CC(CC(C7)C5)C6)nn4)CC3)c(OC)c2)c1. The summed E-state index contributed by atoms with van der Waals surface area (Å²) in [7, 11) is 3.42. The molecular weight excluding hydrogens is 578 g/mol. The van der Waals surface area contributed by atoms with Gasteiger partial charge in [0.05, 0.1) is 26.4 Å². The van der Waals surface area contributed by atoms with Gasteiger partial charge in [-0.3, -0.25) is 9.69 Å². The van der Waals surface area contributed by atoms with Crippen LogP contribution in [-0.2, 0) is 6.54 Å². The van der Waals surface area contributed by atoms with Crippen molar-refractivity contribution < 1.29 is 19.0 Å². The van der Waals surface area contributed by atoms with Gasteiger partial charge >= 0.3 is 0 Å². The zero-order chi connectivity index (χ0) is 31.7. The predicted octanol–water partition coefficient (Wildman–Crippen LogP) is 5.83. The second-order valence-electron chi connectivity index (χ2n) is 14.0. The summed E-state index contributed by atoms with van der Waals surface area (Å²) in [5, 5.41) is 12.0. The van der Waals surface area contributed by atoms with E-state index in [1.54, 1.807) is 14.2 Å². The Morgan fingerprint density at radius 3 is 2.13 bits per heavy atom. The molecular formula is C37H47N5O4. The fourth-order valence-corrected chi connectivity index (χ4v) is 9.08. The van der Waals surface area contributed by atoms with Gasteiger partial charge in [-0.1, -0.05) is 12.1 Å². The van der Waals surface area contributed by atoms with E-state index in [-0.39, 0.29) is 5.91 Å². The molecule has 2 aromatic carbocycles. The Morgan fingerprint density at radius 1 is 0.870 bits per heavy atom. The summed E-state index contributed by atoms with van der Waals surface area (Å²) >= 11 is 0. The van der Waals surface area contributed by atoms with Gasteiger partial charge in [0, 0.05) is 39.3 Å². The van der Waals surface area contributed by atoms with Crippen molar-refractivity contribution in [2.45, 2.75) is 52.0 Å². The third-order valence-corrected chi connectivity index (χ3v) is 10.8. The van der Waals surface area contributed by atoms with Crippen molar-refractivity contribution in [2.75, 3.05) is 58.5 Å². The minimum Gasteiger partial charge on any atom is -0.496 e. The molecule has 1 aromatic heterocycles. The highest BCUT2D eigenvalue weighted by Crippen LogP contribution is 2.59. The average Bonchev–Trinajstić information content (AvgIpc) is 3.07. The summed E-state index contributed by atoms with van der Waals surface area (Å²) in [6, 6.07) is 16.0. The van der Waals surface area contributed by atoms with Crippen LogP contribution in [0.4, 0.5) is 5.82 Å². The Bertz CT molecular complexity index is 1470. The lowest BCUT2D eigenvalue weighted by Crippen LogP contribution is -2.51. The standard InChI is InChI=1S/C37H47N5O4/c1-4-46-30-7-5-6-28(17-30)29-18-33(44-2)31(34(19-29)45-3)23-41-10-12-42(13-11-41)35-9-8-32(39-40-35)36(43)38-24-37-20-25-14-26(21-37)16-27(15-25)22-37/h5-9,17-19,25-27H,4,10-16,20-24H2,1-3H3,(H,38,43). The number of ether oxygens (including phenoxy) is 3. The van der Waals surface area contributed by atoms with E-state index in [1.165, 1.54) is 38.5 Å². The third kappa shape index (κ3) is 6.39. The number of benzene rings is 2. The molecule has 1 saturated heterocycles. The summed E-state index contributed by atoms with van der Waals surface area (Å²) in [5.74, 6) is 5.80. The van der Waals surface area contributed by atoms with E-state index in [9.17, 15) is 4.79 Å². The minimum atomic E-state index is -0.101. The van der Waals surface area contributed by atoms with Crippen LogP contribution >= 0.6 is 0 Å². The van der Waals surface area contributed by atoms with E-state index in [1.807, 2.05) is 37.3 Å². The second kappa shape index (κ2) is 13.1. The first-order chi connectivity index (χ1) is 22.4. The van der Waals surface area contributed by atoms with Crippen molar-refractivity contribution in [3.05, 3.63) is 59.8 Å². The molecule has 0 unspecified atom stereocenters. The van der Waals surface area contributed by atoms with E-state index in [0.717, 1.165) is 90.2 Å². The van der Waals surface area contributed by atoms with Gasteiger partial charge in [0.15, 0.2) is 11.5 Å². The number of hydrogen-bond donors (Lipinski definition) is 1. The fourth-order valence-electron chi connectivity index (χ4n) is 9.08. The first-order valence-electron chi connectivity index (χ1n) is 17.0. The van der Waals surface area contributed by atoms with Crippen molar-refractivity contribution in [1.29, 1.82) is 0 Å². The molecule has 0 atom stereocenters. The molecule has 8 rings (SSSR count). The topological polar surface area (TPSA) is 89.1 Å². The quantitative estimate of drug-likeness (QED) is 0.285. The van der Waals surface area contributed by atoms with Gasteiger partial charge in [0.2, 0.25) is 0 Å². The van der Waals surface area contributed by atoms with Gasteiger partial charge in [-0.2, -0.15) is 0 Å². The van der Waals surface area contributed by atoms with Gasteiger partial charge in [-0.25, -0.2) is 0 Å². The average molecular weight is 626 g/mol. The molecule has 2 heterocycles. The van der Waals surface area contributed by atoms with Crippen LogP contribution in [0.5, 0.6) is 17.2 Å². The lowest BCUT2D eigenvalue weighted by atomic mass is 9.49. The number of carbonyl (C=O) groups excluding carboxylic acids is 1. The van der Waals surface area contributed by atoms with Gasteiger partial charge in [-0.05, 0) is 116 Å². The molecule has 4 saturated carbocycles. The van der Waals surface area contributed by atoms with E-state index in [2.05, 4.69) is 43.5 Å². The number of amides is 1. The Labute approximate surface area is 272 Å². The maximum absolute atomic E-state index is 13.0. The van der Waals surface area contributed by atoms with Crippen LogP contribution in [0.15, 0.2) is 48.5 Å². The smallest absolute Gasteiger partial charge is 0.271 e. The summed E-state index contributed by atoms with van der Waals surface area (Å²) in [5.41, 5.74) is 3.82. The fraction of sp³-hybridized carbons (Fsp3) is 0.541. The molecule has 9 heteroatoms. The molecule has 4 aliphatic carbocycles. The normalized spacial score (nSPS) is 25.4. The van der Waals surface area contributed by atoms with Crippen LogP contribution in [0, 0.1) is 23.2 Å². The van der Waals surface area contributed by atoms with E-state index in [4.69, 9.17) is 14.2 Å². The number of anilines is 1. The number of piperazine rings is 1.